The van der Waals surface area contributed by atoms with E-state index in [1.807, 2.05) is 36.4 Å². The van der Waals surface area contributed by atoms with Gasteiger partial charge in [-0.3, -0.25) is 0 Å². The maximum absolute atomic E-state index is 8.80. The molecule has 0 aliphatic heterocycles. The van der Waals surface area contributed by atoms with Crippen molar-refractivity contribution in [1.82, 2.24) is 0 Å². The molecule has 1 rings (SSSR count). The van der Waals surface area contributed by atoms with Crippen molar-refractivity contribution in [3.63, 3.8) is 0 Å². The number of hydrogen-bond donors (Lipinski definition) is 1. The Kier molecular flexibility index (Phi) is 3.70. The number of nitriles is 2. The molecule has 2 N–H and O–H groups in total. The lowest BCUT2D eigenvalue weighted by atomic mass is 10.1. The summed E-state index contributed by atoms with van der Waals surface area (Å²) in [5, 5.41) is 17.3. The van der Waals surface area contributed by atoms with Gasteiger partial charge in [-0.1, -0.05) is 30.3 Å². The van der Waals surface area contributed by atoms with Gasteiger partial charge < -0.3 is 5.73 Å². The molecule has 0 amide bonds. The summed E-state index contributed by atoms with van der Waals surface area (Å²) in [7, 11) is 0. The van der Waals surface area contributed by atoms with E-state index >= 15 is 0 Å². The van der Waals surface area contributed by atoms with Gasteiger partial charge in [0, 0.05) is 0 Å². The predicted molar refractivity (Wildman–Crippen MR) is 57.9 cm³/mol. The van der Waals surface area contributed by atoms with Crippen molar-refractivity contribution < 1.29 is 0 Å². The zero-order valence-electron chi connectivity index (χ0n) is 8.01. The van der Waals surface area contributed by atoms with Gasteiger partial charge in [-0.2, -0.15) is 10.5 Å². The van der Waals surface area contributed by atoms with E-state index in [0.717, 1.165) is 5.56 Å². The Morgan fingerprint density at radius 1 is 1.13 bits per heavy atom. The van der Waals surface area contributed by atoms with E-state index in [2.05, 4.69) is 0 Å². The zero-order valence-corrected chi connectivity index (χ0v) is 8.01. The molecule has 0 heterocycles. The number of allylic oxidation sites excluding steroid dienone is 3. The smallest absolute Gasteiger partial charge is 0.117 e. The lowest BCUT2D eigenvalue weighted by molar-refractivity contribution is 1.38. The molecule has 0 aromatic heterocycles. The molecule has 1 aromatic rings. The Morgan fingerprint density at radius 2 is 1.80 bits per heavy atom. The third-order valence-corrected chi connectivity index (χ3v) is 1.69. The predicted octanol–water partition coefficient (Wildman–Crippen LogP) is 1.96. The molecule has 0 atom stereocenters. The van der Waals surface area contributed by atoms with Gasteiger partial charge >= 0.3 is 0 Å². The van der Waals surface area contributed by atoms with E-state index in [1.54, 1.807) is 12.1 Å². The maximum atomic E-state index is 8.80. The fourth-order valence-corrected chi connectivity index (χ4v) is 1.03. The van der Waals surface area contributed by atoms with Gasteiger partial charge in [0.1, 0.15) is 11.8 Å². The Labute approximate surface area is 88.4 Å². The average molecular weight is 195 g/mol. The minimum Gasteiger partial charge on any atom is -0.390 e. The van der Waals surface area contributed by atoms with E-state index in [1.165, 1.54) is 6.08 Å². The first-order valence-electron chi connectivity index (χ1n) is 4.30. The molecule has 0 spiro atoms. The van der Waals surface area contributed by atoms with E-state index in [9.17, 15) is 0 Å². The Bertz CT molecular complexity index is 470. The number of nitrogens with two attached hydrogens (primary N) is 1. The molecule has 3 nitrogen and oxygen atoms in total. The standard InChI is InChI=1S/C12H9N3/c13-8-11(7-12(15)9-14)6-10-4-2-1-3-5-10/h1-7H,15H2. The second-order valence-corrected chi connectivity index (χ2v) is 2.83. The molecule has 0 unspecified atom stereocenters. The van der Waals surface area contributed by atoms with Crippen LogP contribution in [0, 0.1) is 22.7 Å². The van der Waals surface area contributed by atoms with Crippen LogP contribution in [0.15, 0.2) is 47.7 Å². The Hall–Kier alpha value is -2.52. The van der Waals surface area contributed by atoms with Crippen molar-refractivity contribution in [3.05, 3.63) is 53.2 Å². The van der Waals surface area contributed by atoms with Crippen LogP contribution in [0.5, 0.6) is 0 Å². The van der Waals surface area contributed by atoms with Crippen LogP contribution in [0.4, 0.5) is 0 Å². The third-order valence-electron chi connectivity index (χ3n) is 1.69. The number of benzene rings is 1. The highest BCUT2D eigenvalue weighted by molar-refractivity contribution is 5.61. The molecule has 0 aliphatic rings. The Morgan fingerprint density at radius 3 is 2.33 bits per heavy atom. The first-order valence-corrected chi connectivity index (χ1v) is 4.30. The molecular weight excluding hydrogens is 186 g/mol. The van der Waals surface area contributed by atoms with Crippen LogP contribution in [0.2, 0.25) is 0 Å². The summed E-state index contributed by atoms with van der Waals surface area (Å²) in [6.45, 7) is 0. The summed E-state index contributed by atoms with van der Waals surface area (Å²) in [6, 6.07) is 13.1. The van der Waals surface area contributed by atoms with Crippen LogP contribution in [0.25, 0.3) is 6.08 Å². The van der Waals surface area contributed by atoms with E-state index in [0.29, 0.717) is 5.57 Å². The topological polar surface area (TPSA) is 73.6 Å². The van der Waals surface area contributed by atoms with E-state index < -0.39 is 0 Å². The summed E-state index contributed by atoms with van der Waals surface area (Å²) in [4.78, 5) is 0. The fraction of sp³-hybridized carbons (Fsp3) is 0. The number of rotatable bonds is 2. The summed E-state index contributed by atoms with van der Waals surface area (Å²) in [6.07, 6.45) is 3.02. The molecule has 72 valence electrons. The molecular formula is C12H9N3. The van der Waals surface area contributed by atoms with Crippen molar-refractivity contribution in [3.8, 4) is 12.1 Å². The largest absolute Gasteiger partial charge is 0.390 e. The van der Waals surface area contributed by atoms with Crippen molar-refractivity contribution in [2.45, 2.75) is 0 Å². The minimum atomic E-state index is 0.0266. The van der Waals surface area contributed by atoms with Crippen LogP contribution < -0.4 is 5.73 Å². The maximum Gasteiger partial charge on any atom is 0.117 e. The van der Waals surface area contributed by atoms with Gasteiger partial charge in [0.2, 0.25) is 0 Å². The fourth-order valence-electron chi connectivity index (χ4n) is 1.03. The van der Waals surface area contributed by atoms with E-state index in [-0.39, 0.29) is 5.70 Å². The highest BCUT2D eigenvalue weighted by atomic mass is 14.6. The van der Waals surface area contributed by atoms with Crippen LogP contribution in [0.1, 0.15) is 5.56 Å². The SMILES string of the molecule is N#CC(N)=CC(C#N)=Cc1ccccc1. The molecule has 0 saturated carbocycles. The van der Waals surface area contributed by atoms with Crippen molar-refractivity contribution >= 4 is 6.08 Å². The van der Waals surface area contributed by atoms with Crippen LogP contribution in [-0.4, -0.2) is 0 Å². The molecule has 15 heavy (non-hydrogen) atoms. The summed E-state index contributed by atoms with van der Waals surface area (Å²) in [5.41, 5.74) is 6.60. The van der Waals surface area contributed by atoms with Crippen molar-refractivity contribution in [2.75, 3.05) is 0 Å². The molecule has 0 bridgehead atoms. The first kappa shape index (κ1) is 10.6. The van der Waals surface area contributed by atoms with Gasteiger partial charge in [-0.25, -0.2) is 0 Å². The monoisotopic (exact) mass is 195 g/mol. The molecule has 0 saturated heterocycles. The molecule has 0 fully saturated rings. The van der Waals surface area contributed by atoms with Crippen LogP contribution in [-0.2, 0) is 0 Å². The van der Waals surface area contributed by atoms with Gasteiger partial charge in [0.25, 0.3) is 0 Å². The van der Waals surface area contributed by atoms with Crippen molar-refractivity contribution in [1.29, 1.82) is 10.5 Å². The molecule has 3 heteroatoms. The van der Waals surface area contributed by atoms with Gasteiger partial charge in [-0.05, 0) is 17.7 Å². The Balaban J connectivity index is 3.01. The average Bonchev–Trinajstić information content (AvgIpc) is 2.29. The normalized spacial score (nSPS) is 11.6. The molecule has 0 aliphatic carbocycles. The number of nitrogens with zero attached hydrogens (tertiary/aromatic N) is 2. The molecule has 1 aromatic carbocycles. The quantitative estimate of drug-likeness (QED) is 0.579. The van der Waals surface area contributed by atoms with Crippen LogP contribution >= 0.6 is 0 Å². The summed E-state index contributed by atoms with van der Waals surface area (Å²) >= 11 is 0. The number of hydrogen-bond acceptors (Lipinski definition) is 3. The third kappa shape index (κ3) is 3.38. The second-order valence-electron chi connectivity index (χ2n) is 2.83. The van der Waals surface area contributed by atoms with Crippen molar-refractivity contribution in [2.24, 2.45) is 5.73 Å². The lowest BCUT2D eigenvalue weighted by Gasteiger charge is -1.92. The first-order chi connectivity index (χ1) is 7.26. The second kappa shape index (κ2) is 5.26. The van der Waals surface area contributed by atoms with Crippen LogP contribution in [0.3, 0.4) is 0 Å². The zero-order chi connectivity index (χ0) is 11.1. The van der Waals surface area contributed by atoms with E-state index in [4.69, 9.17) is 16.3 Å². The summed E-state index contributed by atoms with van der Waals surface area (Å²) < 4.78 is 0. The minimum absolute atomic E-state index is 0.0266. The van der Waals surface area contributed by atoms with Gasteiger partial charge in [0.05, 0.1) is 11.6 Å². The summed E-state index contributed by atoms with van der Waals surface area (Å²) in [5.74, 6) is 0. The van der Waals surface area contributed by atoms with Gasteiger partial charge in [-0.15, -0.1) is 0 Å². The highest BCUT2D eigenvalue weighted by Crippen LogP contribution is 2.07. The molecule has 0 radical (unpaired) electrons. The highest BCUT2D eigenvalue weighted by Gasteiger charge is 1.93. The van der Waals surface area contributed by atoms with Gasteiger partial charge in [0.15, 0.2) is 0 Å². The lowest BCUT2D eigenvalue weighted by Crippen LogP contribution is -1.93.